The molecule has 0 N–H and O–H groups in total. The molecule has 0 bridgehead atoms. The van der Waals surface area contributed by atoms with E-state index in [-0.39, 0.29) is 0 Å². The quantitative estimate of drug-likeness (QED) is 0.410. The van der Waals surface area contributed by atoms with Crippen molar-refractivity contribution in [1.82, 2.24) is 0 Å². The van der Waals surface area contributed by atoms with Gasteiger partial charge in [0, 0.05) is 10.6 Å². The highest BCUT2D eigenvalue weighted by molar-refractivity contribution is 7.99. The maximum absolute atomic E-state index is 3.74. The molecule has 0 aliphatic carbocycles. The second kappa shape index (κ2) is 5.04. The van der Waals surface area contributed by atoms with E-state index in [0.29, 0.717) is 0 Å². The molecule has 15 heavy (non-hydrogen) atoms. The Bertz CT molecular complexity index is 454. The summed E-state index contributed by atoms with van der Waals surface area (Å²) in [6, 6.07) is 15.0. The average Bonchev–Trinajstić information content (AvgIpc) is 2.30. The standard InChI is InChI=1S/C14H14S/c1-2-3-11-15-14-10-6-8-12-7-4-5-9-13(12)14/h2,4-10H,1,3,11H2. The highest BCUT2D eigenvalue weighted by Crippen LogP contribution is 2.27. The van der Waals surface area contributed by atoms with Crippen molar-refractivity contribution in [3.8, 4) is 0 Å². The van der Waals surface area contributed by atoms with Crippen LogP contribution >= 0.6 is 11.8 Å². The summed E-state index contributed by atoms with van der Waals surface area (Å²) >= 11 is 1.90. The van der Waals surface area contributed by atoms with Crippen LogP contribution in [-0.2, 0) is 0 Å². The van der Waals surface area contributed by atoms with Crippen molar-refractivity contribution in [1.29, 1.82) is 0 Å². The van der Waals surface area contributed by atoms with E-state index in [1.807, 2.05) is 17.8 Å². The molecule has 76 valence electrons. The SMILES string of the molecule is C=CCCSc1cccc2ccccc12. The Morgan fingerprint density at radius 1 is 1.07 bits per heavy atom. The van der Waals surface area contributed by atoms with Crippen LogP contribution in [0.2, 0.25) is 0 Å². The molecule has 0 unspecified atom stereocenters. The van der Waals surface area contributed by atoms with Gasteiger partial charge in [0.15, 0.2) is 0 Å². The zero-order chi connectivity index (χ0) is 10.5. The minimum absolute atomic E-state index is 1.06. The molecule has 0 radical (unpaired) electrons. The molecule has 0 nitrogen and oxygen atoms in total. The summed E-state index contributed by atoms with van der Waals surface area (Å²) in [6.07, 6.45) is 3.03. The lowest BCUT2D eigenvalue weighted by atomic mass is 10.1. The highest BCUT2D eigenvalue weighted by atomic mass is 32.2. The van der Waals surface area contributed by atoms with E-state index >= 15 is 0 Å². The molecule has 0 fully saturated rings. The molecular formula is C14H14S. The van der Waals surface area contributed by atoms with Gasteiger partial charge in [-0.1, -0.05) is 42.5 Å². The van der Waals surface area contributed by atoms with Crippen molar-refractivity contribution in [2.45, 2.75) is 11.3 Å². The van der Waals surface area contributed by atoms with E-state index in [9.17, 15) is 0 Å². The van der Waals surface area contributed by atoms with Crippen LogP contribution in [0.1, 0.15) is 6.42 Å². The first-order chi connectivity index (χ1) is 7.42. The van der Waals surface area contributed by atoms with Crippen molar-refractivity contribution in [3.63, 3.8) is 0 Å². The zero-order valence-electron chi connectivity index (χ0n) is 8.65. The van der Waals surface area contributed by atoms with Gasteiger partial charge in [-0.15, -0.1) is 18.3 Å². The van der Waals surface area contributed by atoms with Crippen LogP contribution in [0.25, 0.3) is 10.8 Å². The van der Waals surface area contributed by atoms with E-state index in [2.05, 4.69) is 49.0 Å². The number of rotatable bonds is 4. The normalized spacial score (nSPS) is 10.4. The third kappa shape index (κ3) is 2.42. The summed E-state index contributed by atoms with van der Waals surface area (Å²) in [5.41, 5.74) is 0. The lowest BCUT2D eigenvalue weighted by Crippen LogP contribution is -1.79. The fourth-order valence-electron chi connectivity index (χ4n) is 1.57. The summed E-state index contributed by atoms with van der Waals surface area (Å²) in [4.78, 5) is 1.37. The van der Waals surface area contributed by atoms with Gasteiger partial charge in [-0.3, -0.25) is 0 Å². The second-order valence-corrected chi connectivity index (χ2v) is 4.54. The van der Waals surface area contributed by atoms with Crippen LogP contribution in [0.5, 0.6) is 0 Å². The molecule has 0 aliphatic rings. The number of hydrogen-bond acceptors (Lipinski definition) is 1. The maximum atomic E-state index is 3.74. The fraction of sp³-hybridized carbons (Fsp3) is 0.143. The lowest BCUT2D eigenvalue weighted by molar-refractivity contribution is 1.25. The van der Waals surface area contributed by atoms with Crippen LogP contribution in [0.15, 0.2) is 60.0 Å². The third-order valence-corrected chi connectivity index (χ3v) is 3.44. The van der Waals surface area contributed by atoms with Crippen molar-refractivity contribution >= 4 is 22.5 Å². The predicted octanol–water partition coefficient (Wildman–Crippen LogP) is 4.51. The number of allylic oxidation sites excluding steroid dienone is 1. The second-order valence-electron chi connectivity index (χ2n) is 3.40. The number of hydrogen-bond donors (Lipinski definition) is 0. The zero-order valence-corrected chi connectivity index (χ0v) is 9.46. The van der Waals surface area contributed by atoms with E-state index < -0.39 is 0 Å². The Morgan fingerprint density at radius 2 is 1.87 bits per heavy atom. The van der Waals surface area contributed by atoms with Gasteiger partial charge >= 0.3 is 0 Å². The third-order valence-electron chi connectivity index (χ3n) is 2.33. The molecule has 0 amide bonds. The maximum Gasteiger partial charge on any atom is 0.0151 e. The molecule has 0 saturated heterocycles. The minimum atomic E-state index is 1.06. The first kappa shape index (κ1) is 10.3. The molecule has 0 heterocycles. The van der Waals surface area contributed by atoms with Gasteiger partial charge in [0.2, 0.25) is 0 Å². The summed E-state index contributed by atoms with van der Waals surface area (Å²) < 4.78 is 0. The molecule has 0 atom stereocenters. The first-order valence-corrected chi connectivity index (χ1v) is 6.12. The molecule has 0 spiro atoms. The molecule has 0 aliphatic heterocycles. The topological polar surface area (TPSA) is 0 Å². The van der Waals surface area contributed by atoms with Gasteiger partial charge in [-0.05, 0) is 23.3 Å². The van der Waals surface area contributed by atoms with Crippen LogP contribution in [0.4, 0.5) is 0 Å². The van der Waals surface area contributed by atoms with Gasteiger partial charge in [-0.25, -0.2) is 0 Å². The van der Waals surface area contributed by atoms with Crippen molar-refractivity contribution < 1.29 is 0 Å². The Hall–Kier alpha value is -1.21. The fourth-order valence-corrected chi connectivity index (χ4v) is 2.59. The molecule has 2 aromatic rings. The van der Waals surface area contributed by atoms with Crippen LogP contribution in [0.3, 0.4) is 0 Å². The molecule has 0 saturated carbocycles. The predicted molar refractivity (Wildman–Crippen MR) is 69.5 cm³/mol. The van der Waals surface area contributed by atoms with Crippen LogP contribution in [-0.4, -0.2) is 5.75 Å². The van der Waals surface area contributed by atoms with Crippen molar-refractivity contribution in [3.05, 3.63) is 55.1 Å². The van der Waals surface area contributed by atoms with Gasteiger partial charge in [0.1, 0.15) is 0 Å². The van der Waals surface area contributed by atoms with Crippen molar-refractivity contribution in [2.75, 3.05) is 5.75 Å². The van der Waals surface area contributed by atoms with Gasteiger partial charge in [0.05, 0.1) is 0 Å². The number of benzene rings is 2. The molecule has 0 aromatic heterocycles. The monoisotopic (exact) mass is 214 g/mol. The van der Waals surface area contributed by atoms with Crippen LogP contribution < -0.4 is 0 Å². The van der Waals surface area contributed by atoms with E-state index in [4.69, 9.17) is 0 Å². The summed E-state index contributed by atoms with van der Waals surface area (Å²) in [5, 5.41) is 2.68. The Labute approximate surface area is 95.0 Å². The van der Waals surface area contributed by atoms with Gasteiger partial charge < -0.3 is 0 Å². The van der Waals surface area contributed by atoms with Crippen LogP contribution in [0, 0.1) is 0 Å². The highest BCUT2D eigenvalue weighted by Gasteiger charge is 1.99. The minimum Gasteiger partial charge on any atom is -0.125 e. The van der Waals surface area contributed by atoms with E-state index in [1.165, 1.54) is 15.7 Å². The Kier molecular flexibility index (Phi) is 3.46. The molecule has 2 aromatic carbocycles. The largest absolute Gasteiger partial charge is 0.125 e. The molecule has 2 rings (SSSR count). The summed E-state index contributed by atoms with van der Waals surface area (Å²) in [5.74, 6) is 1.11. The van der Waals surface area contributed by atoms with E-state index in [1.54, 1.807) is 0 Å². The Morgan fingerprint density at radius 3 is 2.73 bits per heavy atom. The summed E-state index contributed by atoms with van der Waals surface area (Å²) in [7, 11) is 0. The van der Waals surface area contributed by atoms with Gasteiger partial charge in [-0.2, -0.15) is 0 Å². The molecular weight excluding hydrogens is 200 g/mol. The smallest absolute Gasteiger partial charge is 0.0151 e. The van der Waals surface area contributed by atoms with Gasteiger partial charge in [0.25, 0.3) is 0 Å². The lowest BCUT2D eigenvalue weighted by Gasteiger charge is -2.04. The molecule has 1 heteroatoms. The van der Waals surface area contributed by atoms with E-state index in [0.717, 1.165) is 12.2 Å². The average molecular weight is 214 g/mol. The summed E-state index contributed by atoms with van der Waals surface area (Å²) in [6.45, 7) is 3.74. The number of fused-ring (bicyclic) bond motifs is 1. The first-order valence-electron chi connectivity index (χ1n) is 5.13. The van der Waals surface area contributed by atoms with Crippen molar-refractivity contribution in [2.24, 2.45) is 0 Å². The number of thioether (sulfide) groups is 1. The Balaban J connectivity index is 2.30.